The van der Waals surface area contributed by atoms with E-state index in [1.54, 1.807) is 0 Å². The van der Waals surface area contributed by atoms with Gasteiger partial charge in [0.2, 0.25) is 5.91 Å². The van der Waals surface area contributed by atoms with Crippen LogP contribution in [0.15, 0.2) is 0 Å². The first-order chi connectivity index (χ1) is 14.6. The molecule has 3 amide bonds. The smallest absolute Gasteiger partial charge is 0.315 e. The van der Waals surface area contributed by atoms with E-state index in [9.17, 15) is 14.4 Å². The van der Waals surface area contributed by atoms with Crippen molar-refractivity contribution in [1.29, 1.82) is 0 Å². The minimum absolute atomic E-state index is 0.00728. The van der Waals surface area contributed by atoms with E-state index in [0.29, 0.717) is 51.2 Å². The zero-order valence-electron chi connectivity index (χ0n) is 17.2. The van der Waals surface area contributed by atoms with Crippen molar-refractivity contribution < 1.29 is 33.7 Å². The number of carboxylic acids is 1. The average Bonchev–Trinajstić information content (AvgIpc) is 3.25. The third-order valence-corrected chi connectivity index (χ3v) is 6.36. The summed E-state index contributed by atoms with van der Waals surface area (Å²) in [7, 11) is 0. The quantitative estimate of drug-likeness (QED) is 0.185. The molecule has 10 nitrogen and oxygen atoms in total. The molecule has 30 heavy (non-hydrogen) atoms. The highest BCUT2D eigenvalue weighted by Crippen LogP contribution is 2.33. The Morgan fingerprint density at radius 2 is 1.70 bits per heavy atom. The van der Waals surface area contributed by atoms with Gasteiger partial charge in [-0.25, -0.2) is 4.79 Å². The van der Waals surface area contributed by atoms with Crippen molar-refractivity contribution in [3.63, 3.8) is 0 Å². The van der Waals surface area contributed by atoms with Gasteiger partial charge in [0, 0.05) is 24.0 Å². The van der Waals surface area contributed by atoms with Crippen LogP contribution in [0.3, 0.4) is 0 Å². The van der Waals surface area contributed by atoms with Crippen LogP contribution in [-0.4, -0.2) is 92.3 Å². The zero-order chi connectivity index (χ0) is 21.6. The highest BCUT2D eigenvalue weighted by molar-refractivity contribution is 8.00. The van der Waals surface area contributed by atoms with Gasteiger partial charge in [-0.15, -0.1) is 0 Å². The summed E-state index contributed by atoms with van der Waals surface area (Å²) in [6.45, 7) is 2.69. The number of ether oxygens (including phenoxy) is 3. The number of nitrogens with one attached hydrogen (secondary N) is 3. The van der Waals surface area contributed by atoms with Gasteiger partial charge in [0.25, 0.3) is 0 Å². The molecule has 0 saturated carbocycles. The molecule has 3 atom stereocenters. The lowest BCUT2D eigenvalue weighted by molar-refractivity contribution is -0.138. The predicted octanol–water partition coefficient (Wildman–Crippen LogP) is 0.353. The monoisotopic (exact) mass is 447 g/mol. The summed E-state index contributed by atoms with van der Waals surface area (Å²) in [5.41, 5.74) is 0. The van der Waals surface area contributed by atoms with Gasteiger partial charge in [-0.05, 0) is 12.8 Å². The van der Waals surface area contributed by atoms with Gasteiger partial charge >= 0.3 is 12.0 Å². The Morgan fingerprint density at radius 1 is 1.00 bits per heavy atom. The molecule has 2 aliphatic rings. The third kappa shape index (κ3) is 9.96. The maximum absolute atomic E-state index is 11.9. The van der Waals surface area contributed by atoms with Gasteiger partial charge in [-0.3, -0.25) is 9.59 Å². The standard InChI is InChI=1S/C19H33N3O7S/c23-16(4-2-1-3-15-18-14(13-30-15)21-19(26)22-18)20-6-8-28-10-12-29-11-9-27-7-5-17(24)25/h14-15,18H,1-13H2,(H,20,23)(H,24,25)(H2,21,22,26). The van der Waals surface area contributed by atoms with Crippen LogP contribution in [0.2, 0.25) is 0 Å². The Bertz CT molecular complexity index is 552. The van der Waals surface area contributed by atoms with E-state index in [1.807, 2.05) is 11.8 Å². The predicted molar refractivity (Wildman–Crippen MR) is 112 cm³/mol. The molecule has 0 aromatic rings. The van der Waals surface area contributed by atoms with Crippen LogP contribution in [0.5, 0.6) is 0 Å². The largest absolute Gasteiger partial charge is 0.481 e. The highest BCUT2D eigenvalue weighted by atomic mass is 32.2. The number of hydrogen-bond donors (Lipinski definition) is 4. The van der Waals surface area contributed by atoms with Gasteiger partial charge in [0.15, 0.2) is 0 Å². The lowest BCUT2D eigenvalue weighted by Crippen LogP contribution is -2.36. The van der Waals surface area contributed by atoms with Crippen molar-refractivity contribution in [3.8, 4) is 0 Å². The summed E-state index contributed by atoms with van der Waals surface area (Å²) in [6.07, 6.45) is 3.31. The average molecular weight is 448 g/mol. The van der Waals surface area contributed by atoms with E-state index in [1.165, 1.54) is 0 Å². The van der Waals surface area contributed by atoms with Crippen LogP contribution < -0.4 is 16.0 Å². The van der Waals surface area contributed by atoms with Crippen molar-refractivity contribution in [2.75, 3.05) is 51.9 Å². The molecule has 3 unspecified atom stereocenters. The van der Waals surface area contributed by atoms with Crippen molar-refractivity contribution in [1.82, 2.24) is 16.0 Å². The van der Waals surface area contributed by atoms with Crippen molar-refractivity contribution in [3.05, 3.63) is 0 Å². The highest BCUT2D eigenvalue weighted by Gasteiger charge is 2.42. The normalized spacial score (nSPS) is 22.4. The molecule has 2 saturated heterocycles. The molecule has 0 aromatic heterocycles. The van der Waals surface area contributed by atoms with Crippen LogP contribution in [-0.2, 0) is 23.8 Å². The zero-order valence-corrected chi connectivity index (χ0v) is 18.0. The van der Waals surface area contributed by atoms with Crippen molar-refractivity contribution >= 4 is 29.7 Å². The molecule has 0 aromatic carbocycles. The SMILES string of the molecule is O=C(O)CCOCCOCCOCCNC(=O)CCCCC1SCC2NC(=O)NC21. The summed E-state index contributed by atoms with van der Waals surface area (Å²) in [5.74, 6) is 0.108. The second-order valence-electron chi connectivity index (χ2n) is 7.20. The second kappa shape index (κ2) is 14.4. The molecule has 0 spiro atoms. The molecule has 2 aliphatic heterocycles. The number of amides is 3. The Hall–Kier alpha value is -1.56. The van der Waals surface area contributed by atoms with Gasteiger partial charge < -0.3 is 35.3 Å². The van der Waals surface area contributed by atoms with Gasteiger partial charge in [0.05, 0.1) is 58.1 Å². The Morgan fingerprint density at radius 3 is 2.43 bits per heavy atom. The molecule has 0 bridgehead atoms. The van der Waals surface area contributed by atoms with E-state index in [4.69, 9.17) is 19.3 Å². The summed E-state index contributed by atoms with van der Waals surface area (Å²) < 4.78 is 15.8. The lowest BCUT2D eigenvalue weighted by atomic mass is 10.0. The molecule has 0 aliphatic carbocycles. The van der Waals surface area contributed by atoms with Gasteiger partial charge in [0.1, 0.15) is 0 Å². The number of carbonyl (C=O) groups excluding carboxylic acids is 2. The number of hydrogen-bond acceptors (Lipinski definition) is 7. The first kappa shape index (κ1) is 24.7. The van der Waals surface area contributed by atoms with E-state index in [-0.39, 0.29) is 37.0 Å². The van der Waals surface area contributed by atoms with Crippen molar-refractivity contribution in [2.45, 2.75) is 49.4 Å². The maximum atomic E-state index is 11.9. The van der Waals surface area contributed by atoms with Crippen LogP contribution in [0, 0.1) is 0 Å². The maximum Gasteiger partial charge on any atom is 0.315 e. The summed E-state index contributed by atoms with van der Waals surface area (Å²) in [4.78, 5) is 33.5. The van der Waals surface area contributed by atoms with Crippen LogP contribution in [0.25, 0.3) is 0 Å². The third-order valence-electron chi connectivity index (χ3n) is 4.85. The fourth-order valence-electron chi connectivity index (χ4n) is 3.33. The molecule has 2 heterocycles. The first-order valence-electron chi connectivity index (χ1n) is 10.5. The summed E-state index contributed by atoms with van der Waals surface area (Å²) in [5, 5.41) is 17.6. The number of fused-ring (bicyclic) bond motifs is 1. The molecular weight excluding hydrogens is 414 g/mol. The van der Waals surface area contributed by atoms with Crippen molar-refractivity contribution in [2.24, 2.45) is 0 Å². The van der Waals surface area contributed by atoms with Gasteiger partial charge in [-0.2, -0.15) is 11.8 Å². The van der Waals surface area contributed by atoms with E-state index < -0.39 is 5.97 Å². The molecule has 2 rings (SSSR count). The minimum Gasteiger partial charge on any atom is -0.481 e. The minimum atomic E-state index is -0.879. The molecule has 11 heteroatoms. The fourth-order valence-corrected chi connectivity index (χ4v) is 4.87. The topological polar surface area (TPSA) is 135 Å². The molecule has 0 radical (unpaired) electrons. The number of aliphatic carboxylic acids is 1. The Kier molecular flexibility index (Phi) is 11.9. The lowest BCUT2D eigenvalue weighted by Gasteiger charge is -2.16. The second-order valence-corrected chi connectivity index (χ2v) is 8.47. The van der Waals surface area contributed by atoms with E-state index in [2.05, 4.69) is 16.0 Å². The van der Waals surface area contributed by atoms with Gasteiger partial charge in [-0.1, -0.05) is 6.42 Å². The number of unbranched alkanes of at least 4 members (excludes halogenated alkanes) is 1. The number of thioether (sulfide) groups is 1. The number of carbonyl (C=O) groups is 3. The molecule has 172 valence electrons. The van der Waals surface area contributed by atoms with E-state index in [0.717, 1.165) is 25.0 Å². The van der Waals surface area contributed by atoms with Crippen LogP contribution in [0.1, 0.15) is 32.1 Å². The van der Waals surface area contributed by atoms with E-state index >= 15 is 0 Å². The van der Waals surface area contributed by atoms with Crippen LogP contribution in [0.4, 0.5) is 4.79 Å². The molecule has 2 fully saturated rings. The van der Waals surface area contributed by atoms with Crippen LogP contribution >= 0.6 is 11.8 Å². The molecular formula is C19H33N3O7S. The number of urea groups is 1. The Labute approximate surface area is 181 Å². The molecule has 4 N–H and O–H groups in total. The fraction of sp³-hybridized carbons (Fsp3) is 0.842. The summed E-state index contributed by atoms with van der Waals surface area (Å²) >= 11 is 1.89. The Balaban J connectivity index is 1.32. The first-order valence-corrected chi connectivity index (χ1v) is 11.5. The summed E-state index contributed by atoms with van der Waals surface area (Å²) in [6, 6.07) is 0.408. The number of carboxylic acid groups (broad SMARTS) is 1. The number of rotatable bonds is 17.